The minimum atomic E-state index is -0.284. The molecule has 0 radical (unpaired) electrons. The van der Waals surface area contributed by atoms with Crippen molar-refractivity contribution in [3.05, 3.63) is 52.0 Å². The molecular weight excluding hydrogens is 358 g/mol. The fourth-order valence-corrected chi connectivity index (χ4v) is 3.51. The zero-order valence-electron chi connectivity index (χ0n) is 15.9. The molecule has 0 saturated heterocycles. The van der Waals surface area contributed by atoms with Crippen molar-refractivity contribution in [3.8, 4) is 11.4 Å². The van der Waals surface area contributed by atoms with Gasteiger partial charge in [0.15, 0.2) is 0 Å². The number of benzene rings is 1. The van der Waals surface area contributed by atoms with E-state index in [1.807, 2.05) is 11.4 Å². The third kappa shape index (κ3) is 5.82. The van der Waals surface area contributed by atoms with Gasteiger partial charge in [0.05, 0.1) is 11.8 Å². The first kappa shape index (κ1) is 19.4. The van der Waals surface area contributed by atoms with Gasteiger partial charge >= 0.3 is 0 Å². The van der Waals surface area contributed by atoms with E-state index in [4.69, 9.17) is 0 Å². The molecule has 0 amide bonds. The molecule has 27 heavy (non-hydrogen) atoms. The summed E-state index contributed by atoms with van der Waals surface area (Å²) in [6, 6.07) is 8.15. The Morgan fingerprint density at radius 1 is 1.11 bits per heavy atom. The molecule has 3 rings (SSSR count). The Labute approximate surface area is 163 Å². The number of aryl methyl sites for hydroxylation is 2. The third-order valence-electron chi connectivity index (χ3n) is 3.96. The molecule has 3 aromatic rings. The Hall–Kier alpha value is -2.35. The molecule has 0 saturated carbocycles. The maximum Gasteiger partial charge on any atom is 0.227 e. The van der Waals surface area contributed by atoms with E-state index in [1.165, 1.54) is 11.1 Å². The van der Waals surface area contributed by atoms with Crippen LogP contribution in [0.1, 0.15) is 29.5 Å². The number of hydrogen-bond donors (Lipinski definition) is 3. The monoisotopic (exact) mass is 383 g/mol. The van der Waals surface area contributed by atoms with Gasteiger partial charge in [-0.3, -0.25) is 0 Å². The quantitative estimate of drug-likeness (QED) is 0.513. The lowest BCUT2D eigenvalue weighted by molar-refractivity contribution is 0.183. The number of aliphatic hydroxyl groups is 1. The lowest BCUT2D eigenvalue weighted by Crippen LogP contribution is -2.18. The van der Waals surface area contributed by atoms with Crippen molar-refractivity contribution < 1.29 is 5.11 Å². The molecule has 1 atom stereocenters. The molecule has 6 nitrogen and oxygen atoms in total. The summed E-state index contributed by atoms with van der Waals surface area (Å²) in [7, 11) is 0. The standard InChI is InChI=1S/C20H25N5OS/c1-13-8-14(2)10-16(9-13)23-20-22-7-5-17(25-20)18-12-27-19(24-18)11-21-6-4-15(3)26/h5,7-10,12,15,21,26H,4,6,11H2,1-3H3,(H,22,23,25). The van der Waals surface area contributed by atoms with Crippen LogP contribution in [-0.4, -0.2) is 32.7 Å². The van der Waals surface area contributed by atoms with Crippen LogP contribution in [0.25, 0.3) is 11.4 Å². The smallest absolute Gasteiger partial charge is 0.227 e. The van der Waals surface area contributed by atoms with Crippen LogP contribution >= 0.6 is 11.3 Å². The maximum atomic E-state index is 9.29. The van der Waals surface area contributed by atoms with Crippen LogP contribution in [0.3, 0.4) is 0 Å². The van der Waals surface area contributed by atoms with E-state index < -0.39 is 0 Å². The summed E-state index contributed by atoms with van der Waals surface area (Å²) in [4.78, 5) is 13.6. The zero-order chi connectivity index (χ0) is 19.2. The molecule has 7 heteroatoms. The highest BCUT2D eigenvalue weighted by molar-refractivity contribution is 7.09. The molecule has 142 valence electrons. The highest BCUT2D eigenvalue weighted by atomic mass is 32.1. The molecule has 0 bridgehead atoms. The maximum absolute atomic E-state index is 9.29. The van der Waals surface area contributed by atoms with Gasteiger partial charge in [0, 0.05) is 23.8 Å². The van der Waals surface area contributed by atoms with Gasteiger partial charge in [-0.15, -0.1) is 11.3 Å². The van der Waals surface area contributed by atoms with Gasteiger partial charge in [0.2, 0.25) is 5.95 Å². The van der Waals surface area contributed by atoms with E-state index in [9.17, 15) is 5.11 Å². The summed E-state index contributed by atoms with van der Waals surface area (Å²) in [5, 5.41) is 18.9. The van der Waals surface area contributed by atoms with Crippen LogP contribution in [0.4, 0.5) is 11.6 Å². The van der Waals surface area contributed by atoms with Crippen molar-refractivity contribution in [2.75, 3.05) is 11.9 Å². The second-order valence-corrected chi connectivity index (χ2v) is 7.65. The summed E-state index contributed by atoms with van der Waals surface area (Å²) in [6.07, 6.45) is 2.19. The second-order valence-electron chi connectivity index (χ2n) is 6.71. The first-order valence-corrected chi connectivity index (χ1v) is 9.89. The van der Waals surface area contributed by atoms with Crippen LogP contribution in [-0.2, 0) is 6.54 Å². The Morgan fingerprint density at radius 2 is 1.89 bits per heavy atom. The van der Waals surface area contributed by atoms with E-state index in [2.05, 4.69) is 57.6 Å². The number of nitrogens with zero attached hydrogens (tertiary/aromatic N) is 3. The zero-order valence-corrected chi connectivity index (χ0v) is 16.7. The van der Waals surface area contributed by atoms with Gasteiger partial charge in [-0.25, -0.2) is 15.0 Å². The summed E-state index contributed by atoms with van der Waals surface area (Å²) >= 11 is 1.60. The molecule has 2 aromatic heterocycles. The van der Waals surface area contributed by atoms with Crippen molar-refractivity contribution in [3.63, 3.8) is 0 Å². The topological polar surface area (TPSA) is 83.0 Å². The molecule has 0 aliphatic carbocycles. The van der Waals surface area contributed by atoms with Crippen molar-refractivity contribution >= 4 is 23.0 Å². The Kier molecular flexibility index (Phi) is 6.49. The van der Waals surface area contributed by atoms with E-state index >= 15 is 0 Å². The molecule has 0 fully saturated rings. The van der Waals surface area contributed by atoms with Crippen molar-refractivity contribution in [2.24, 2.45) is 0 Å². The van der Waals surface area contributed by atoms with Crippen LogP contribution < -0.4 is 10.6 Å². The summed E-state index contributed by atoms with van der Waals surface area (Å²) in [5.41, 5.74) is 5.01. The lowest BCUT2D eigenvalue weighted by Gasteiger charge is -2.08. The summed E-state index contributed by atoms with van der Waals surface area (Å²) in [5.74, 6) is 0.558. The number of anilines is 2. The second kappa shape index (κ2) is 9.03. The van der Waals surface area contributed by atoms with Crippen LogP contribution in [0.2, 0.25) is 0 Å². The number of rotatable bonds is 8. The highest BCUT2D eigenvalue weighted by Gasteiger charge is 2.08. The van der Waals surface area contributed by atoms with Gasteiger partial charge in [-0.2, -0.15) is 0 Å². The van der Waals surface area contributed by atoms with Gasteiger partial charge in [0.1, 0.15) is 10.7 Å². The molecule has 0 aliphatic rings. The summed E-state index contributed by atoms with van der Waals surface area (Å²) < 4.78 is 0. The number of aliphatic hydroxyl groups excluding tert-OH is 1. The number of nitrogens with one attached hydrogen (secondary N) is 2. The number of thiazole rings is 1. The lowest BCUT2D eigenvalue weighted by atomic mass is 10.1. The average molecular weight is 384 g/mol. The van der Waals surface area contributed by atoms with E-state index in [0.29, 0.717) is 12.5 Å². The van der Waals surface area contributed by atoms with E-state index in [0.717, 1.165) is 35.0 Å². The van der Waals surface area contributed by atoms with Crippen molar-refractivity contribution in [1.29, 1.82) is 0 Å². The Balaban J connectivity index is 1.66. The molecular formula is C20H25N5OS. The molecule has 0 aliphatic heterocycles. The van der Waals surface area contributed by atoms with Gasteiger partial charge in [0.25, 0.3) is 0 Å². The predicted octanol–water partition coefficient (Wildman–Crippen LogP) is 3.82. The minimum absolute atomic E-state index is 0.284. The summed E-state index contributed by atoms with van der Waals surface area (Å²) in [6.45, 7) is 7.39. The molecule has 1 unspecified atom stereocenters. The molecule has 3 N–H and O–H groups in total. The van der Waals surface area contributed by atoms with E-state index in [-0.39, 0.29) is 6.10 Å². The van der Waals surface area contributed by atoms with Gasteiger partial charge in [-0.1, -0.05) is 6.07 Å². The molecule has 1 aromatic carbocycles. The predicted molar refractivity (Wildman–Crippen MR) is 110 cm³/mol. The SMILES string of the molecule is Cc1cc(C)cc(Nc2nccc(-c3csc(CNCCC(C)O)n3)n2)c1. The third-order valence-corrected chi connectivity index (χ3v) is 4.81. The molecule has 2 heterocycles. The Morgan fingerprint density at radius 3 is 2.63 bits per heavy atom. The highest BCUT2D eigenvalue weighted by Crippen LogP contribution is 2.22. The average Bonchev–Trinajstić information content (AvgIpc) is 3.07. The molecule has 0 spiro atoms. The number of hydrogen-bond acceptors (Lipinski definition) is 7. The van der Waals surface area contributed by atoms with Crippen molar-refractivity contribution in [1.82, 2.24) is 20.3 Å². The van der Waals surface area contributed by atoms with Gasteiger partial charge < -0.3 is 15.7 Å². The van der Waals surface area contributed by atoms with Crippen LogP contribution in [0.5, 0.6) is 0 Å². The first-order valence-electron chi connectivity index (χ1n) is 9.01. The number of aromatic nitrogens is 3. The normalized spacial score (nSPS) is 12.1. The minimum Gasteiger partial charge on any atom is -0.393 e. The van der Waals surface area contributed by atoms with E-state index in [1.54, 1.807) is 24.5 Å². The fraction of sp³-hybridized carbons (Fsp3) is 0.350. The van der Waals surface area contributed by atoms with Crippen molar-refractivity contribution in [2.45, 2.75) is 39.8 Å². The first-order chi connectivity index (χ1) is 13.0. The fourth-order valence-electron chi connectivity index (χ4n) is 2.75. The largest absolute Gasteiger partial charge is 0.393 e. The van der Waals surface area contributed by atoms with Crippen LogP contribution in [0, 0.1) is 13.8 Å². The van der Waals surface area contributed by atoms with Gasteiger partial charge in [-0.05, 0) is 63.1 Å². The Bertz CT molecular complexity index is 873. The van der Waals surface area contributed by atoms with Crippen LogP contribution in [0.15, 0.2) is 35.8 Å².